The highest BCUT2D eigenvalue weighted by atomic mass is 32.2. The van der Waals surface area contributed by atoms with E-state index in [1.54, 1.807) is 11.8 Å². The number of aromatic nitrogens is 2. The number of rotatable bonds is 7. The van der Waals surface area contributed by atoms with Crippen LogP contribution in [0.25, 0.3) is 11.0 Å². The third-order valence-electron chi connectivity index (χ3n) is 3.99. The van der Waals surface area contributed by atoms with Crippen LogP contribution in [0.5, 0.6) is 0 Å². The Kier molecular flexibility index (Phi) is 5.56. The van der Waals surface area contributed by atoms with Gasteiger partial charge in [0.05, 0.1) is 16.3 Å². The van der Waals surface area contributed by atoms with Gasteiger partial charge < -0.3 is 9.30 Å². The summed E-state index contributed by atoms with van der Waals surface area (Å²) in [5.41, 5.74) is 1.97. The Morgan fingerprint density at radius 1 is 1.48 bits per heavy atom. The number of fused-ring (bicyclic) bond motifs is 1. The van der Waals surface area contributed by atoms with E-state index in [0.29, 0.717) is 5.95 Å². The highest BCUT2D eigenvalue weighted by Crippen LogP contribution is 2.28. The lowest BCUT2D eigenvalue weighted by Crippen LogP contribution is -2.25. The number of nitrogens with zero attached hydrogens (tertiary/aromatic N) is 2. The van der Waals surface area contributed by atoms with Gasteiger partial charge in [0, 0.05) is 19.8 Å². The van der Waals surface area contributed by atoms with Crippen molar-refractivity contribution in [1.29, 1.82) is 0 Å². The van der Waals surface area contributed by atoms with E-state index in [-0.39, 0.29) is 11.2 Å². The highest BCUT2D eigenvalue weighted by molar-refractivity contribution is 8.00. The third-order valence-corrected chi connectivity index (χ3v) is 5.36. The van der Waals surface area contributed by atoms with E-state index in [2.05, 4.69) is 14.9 Å². The van der Waals surface area contributed by atoms with Crippen LogP contribution < -0.4 is 5.32 Å². The number of benzene rings is 1. The Hall–Kier alpha value is -1.53. The Balaban J connectivity index is 1.78. The molecule has 0 saturated carbocycles. The second-order valence-electron chi connectivity index (χ2n) is 5.62. The normalized spacial score (nSPS) is 17.7. The Labute approximate surface area is 140 Å². The summed E-state index contributed by atoms with van der Waals surface area (Å²) in [6.07, 6.45) is 2.98. The SMILES string of the molecule is CCOCCCn1c(NC(=O)[C@H]2CCCS2)nc2ccccc21. The first kappa shape index (κ1) is 16.3. The van der Waals surface area contributed by atoms with Crippen LogP contribution in [0, 0.1) is 0 Å². The number of hydrogen-bond acceptors (Lipinski definition) is 4. The molecule has 1 aromatic carbocycles. The fourth-order valence-corrected chi connectivity index (χ4v) is 4.00. The van der Waals surface area contributed by atoms with Crippen LogP contribution >= 0.6 is 11.8 Å². The molecule has 124 valence electrons. The van der Waals surface area contributed by atoms with Crippen LogP contribution in [0.4, 0.5) is 5.95 Å². The molecule has 0 bridgehead atoms. The Bertz CT molecular complexity index is 665. The number of imidazole rings is 1. The number of aryl methyl sites for hydroxylation is 1. The van der Waals surface area contributed by atoms with Crippen LogP contribution in [-0.2, 0) is 16.1 Å². The van der Waals surface area contributed by atoms with Crippen molar-refractivity contribution in [2.45, 2.75) is 38.0 Å². The molecule has 1 aliphatic heterocycles. The second-order valence-corrected chi connectivity index (χ2v) is 6.93. The molecule has 23 heavy (non-hydrogen) atoms. The standard InChI is InChI=1S/C17H23N3O2S/c1-2-22-11-6-10-20-14-8-4-3-7-13(14)18-17(20)19-16(21)15-9-5-12-23-15/h3-4,7-8,15H,2,5-6,9-12H2,1H3,(H,18,19,21)/t15-/m1/s1. The maximum absolute atomic E-state index is 12.4. The number of nitrogens with one attached hydrogen (secondary N) is 1. The molecule has 1 aromatic heterocycles. The van der Waals surface area contributed by atoms with Gasteiger partial charge in [0.1, 0.15) is 0 Å². The molecule has 0 unspecified atom stereocenters. The molecule has 0 radical (unpaired) electrons. The Morgan fingerprint density at radius 2 is 2.35 bits per heavy atom. The molecule has 1 N–H and O–H groups in total. The van der Waals surface area contributed by atoms with Crippen molar-refractivity contribution >= 4 is 34.7 Å². The fourth-order valence-electron chi connectivity index (χ4n) is 2.84. The second kappa shape index (κ2) is 7.84. The Morgan fingerprint density at radius 3 is 3.13 bits per heavy atom. The van der Waals surface area contributed by atoms with Gasteiger partial charge >= 0.3 is 0 Å². The molecule has 6 heteroatoms. The number of para-hydroxylation sites is 2. The van der Waals surface area contributed by atoms with Crippen LogP contribution in [0.2, 0.25) is 0 Å². The predicted molar refractivity (Wildman–Crippen MR) is 95.0 cm³/mol. The van der Waals surface area contributed by atoms with Gasteiger partial charge in [-0.1, -0.05) is 12.1 Å². The average Bonchev–Trinajstić information content (AvgIpc) is 3.20. The molecule has 3 rings (SSSR count). The summed E-state index contributed by atoms with van der Waals surface area (Å²) < 4.78 is 7.51. The molecule has 1 saturated heterocycles. The summed E-state index contributed by atoms with van der Waals surface area (Å²) in [5.74, 6) is 1.80. The average molecular weight is 333 g/mol. The summed E-state index contributed by atoms with van der Waals surface area (Å²) in [6.45, 7) is 4.23. The lowest BCUT2D eigenvalue weighted by atomic mass is 10.2. The van der Waals surface area contributed by atoms with E-state index in [9.17, 15) is 4.79 Å². The monoisotopic (exact) mass is 333 g/mol. The van der Waals surface area contributed by atoms with Crippen molar-refractivity contribution in [3.8, 4) is 0 Å². The largest absolute Gasteiger partial charge is 0.382 e. The van der Waals surface area contributed by atoms with Crippen molar-refractivity contribution in [2.24, 2.45) is 0 Å². The first-order chi connectivity index (χ1) is 11.3. The smallest absolute Gasteiger partial charge is 0.239 e. The molecule has 5 nitrogen and oxygen atoms in total. The maximum atomic E-state index is 12.4. The van der Waals surface area contributed by atoms with Gasteiger partial charge in [-0.05, 0) is 44.1 Å². The summed E-state index contributed by atoms with van der Waals surface area (Å²) >= 11 is 1.74. The maximum Gasteiger partial charge on any atom is 0.239 e. The molecular weight excluding hydrogens is 310 g/mol. The number of carbonyl (C=O) groups is 1. The van der Waals surface area contributed by atoms with E-state index in [1.165, 1.54) is 0 Å². The van der Waals surface area contributed by atoms with Crippen molar-refractivity contribution < 1.29 is 9.53 Å². The number of hydrogen-bond donors (Lipinski definition) is 1. The number of thioether (sulfide) groups is 1. The summed E-state index contributed by atoms with van der Waals surface area (Å²) in [5, 5.41) is 3.10. The van der Waals surface area contributed by atoms with Gasteiger partial charge in [0.2, 0.25) is 11.9 Å². The molecule has 2 heterocycles. The van der Waals surface area contributed by atoms with Crippen molar-refractivity contribution in [2.75, 3.05) is 24.3 Å². The van der Waals surface area contributed by atoms with Crippen LogP contribution in [0.15, 0.2) is 24.3 Å². The highest BCUT2D eigenvalue weighted by Gasteiger charge is 2.25. The van der Waals surface area contributed by atoms with E-state index in [1.807, 2.05) is 31.2 Å². The minimum atomic E-state index is 0.0617. The van der Waals surface area contributed by atoms with E-state index < -0.39 is 0 Å². The first-order valence-corrected chi connectivity index (χ1v) is 9.30. The van der Waals surface area contributed by atoms with Crippen LogP contribution in [0.1, 0.15) is 26.2 Å². The van der Waals surface area contributed by atoms with Crippen molar-refractivity contribution in [3.05, 3.63) is 24.3 Å². The van der Waals surface area contributed by atoms with Gasteiger partial charge in [0.25, 0.3) is 0 Å². The van der Waals surface area contributed by atoms with Gasteiger partial charge in [-0.3, -0.25) is 10.1 Å². The molecule has 1 amide bonds. The first-order valence-electron chi connectivity index (χ1n) is 8.25. The predicted octanol–water partition coefficient (Wildman–Crippen LogP) is 3.30. The number of carbonyl (C=O) groups excluding carboxylic acids is 1. The lowest BCUT2D eigenvalue weighted by molar-refractivity contribution is -0.115. The third kappa shape index (κ3) is 3.87. The number of ether oxygens (including phenoxy) is 1. The number of amides is 1. The van der Waals surface area contributed by atoms with Crippen LogP contribution in [0.3, 0.4) is 0 Å². The molecule has 0 aliphatic carbocycles. The van der Waals surface area contributed by atoms with E-state index in [0.717, 1.165) is 55.8 Å². The zero-order valence-electron chi connectivity index (χ0n) is 13.5. The zero-order chi connectivity index (χ0) is 16.1. The molecular formula is C17H23N3O2S. The summed E-state index contributed by atoms with van der Waals surface area (Å²) in [6, 6.07) is 8.00. The van der Waals surface area contributed by atoms with E-state index >= 15 is 0 Å². The topological polar surface area (TPSA) is 56.1 Å². The summed E-state index contributed by atoms with van der Waals surface area (Å²) in [4.78, 5) is 17.0. The number of anilines is 1. The van der Waals surface area contributed by atoms with Gasteiger partial charge in [-0.25, -0.2) is 4.98 Å². The summed E-state index contributed by atoms with van der Waals surface area (Å²) in [7, 11) is 0. The lowest BCUT2D eigenvalue weighted by Gasteiger charge is -2.12. The zero-order valence-corrected chi connectivity index (χ0v) is 14.3. The van der Waals surface area contributed by atoms with Gasteiger partial charge in [-0.2, -0.15) is 0 Å². The molecule has 1 aliphatic rings. The minimum Gasteiger partial charge on any atom is -0.382 e. The van der Waals surface area contributed by atoms with Gasteiger partial charge in [-0.15, -0.1) is 11.8 Å². The quantitative estimate of drug-likeness (QED) is 0.790. The van der Waals surface area contributed by atoms with Gasteiger partial charge in [0.15, 0.2) is 0 Å². The van der Waals surface area contributed by atoms with Crippen molar-refractivity contribution in [1.82, 2.24) is 9.55 Å². The minimum absolute atomic E-state index is 0.0617. The molecule has 2 aromatic rings. The molecule has 1 fully saturated rings. The molecule has 1 atom stereocenters. The molecule has 0 spiro atoms. The van der Waals surface area contributed by atoms with E-state index in [4.69, 9.17) is 4.74 Å². The fraction of sp³-hybridized carbons (Fsp3) is 0.529. The van der Waals surface area contributed by atoms with Crippen molar-refractivity contribution in [3.63, 3.8) is 0 Å². The van der Waals surface area contributed by atoms with Crippen LogP contribution in [-0.4, -0.2) is 39.7 Å².